The summed E-state index contributed by atoms with van der Waals surface area (Å²) in [4.78, 5) is 0. The lowest BCUT2D eigenvalue weighted by Crippen LogP contribution is -2.42. The first kappa shape index (κ1) is 15.5. The van der Waals surface area contributed by atoms with Crippen molar-refractivity contribution in [3.05, 3.63) is 40.5 Å². The summed E-state index contributed by atoms with van der Waals surface area (Å²) < 4.78 is 27.3. The third-order valence-corrected chi connectivity index (χ3v) is 5.94. The SMILES string of the molecule is CN(C)S(=O)(=O)N1CCc2[nH]nc(-c3ccc(Cl)cc3)c2C1. The molecule has 1 aromatic carbocycles. The van der Waals surface area contributed by atoms with Crippen LogP contribution in [0.5, 0.6) is 0 Å². The van der Waals surface area contributed by atoms with Crippen LogP contribution in [0.1, 0.15) is 11.3 Å². The van der Waals surface area contributed by atoms with Gasteiger partial charge in [-0.15, -0.1) is 0 Å². The monoisotopic (exact) mass is 340 g/mol. The average molecular weight is 341 g/mol. The van der Waals surface area contributed by atoms with Gasteiger partial charge in [0.05, 0.1) is 5.69 Å². The van der Waals surface area contributed by atoms with E-state index in [2.05, 4.69) is 10.2 Å². The molecule has 0 bridgehead atoms. The van der Waals surface area contributed by atoms with E-state index >= 15 is 0 Å². The quantitative estimate of drug-likeness (QED) is 0.927. The van der Waals surface area contributed by atoms with Crippen molar-refractivity contribution < 1.29 is 8.42 Å². The first-order valence-corrected chi connectivity index (χ1v) is 8.66. The second-order valence-corrected chi connectivity index (χ2v) is 7.99. The molecule has 1 aliphatic heterocycles. The van der Waals surface area contributed by atoms with E-state index in [0.717, 1.165) is 22.5 Å². The minimum atomic E-state index is -3.42. The Bertz CT molecular complexity index is 784. The zero-order valence-corrected chi connectivity index (χ0v) is 13.9. The average Bonchev–Trinajstić information content (AvgIpc) is 2.91. The van der Waals surface area contributed by atoms with Gasteiger partial charge in [0.2, 0.25) is 0 Å². The van der Waals surface area contributed by atoms with Crippen molar-refractivity contribution in [3.8, 4) is 11.3 Å². The van der Waals surface area contributed by atoms with E-state index < -0.39 is 10.2 Å². The van der Waals surface area contributed by atoms with E-state index in [0.29, 0.717) is 24.5 Å². The second-order valence-electron chi connectivity index (χ2n) is 5.41. The van der Waals surface area contributed by atoms with Crippen molar-refractivity contribution in [2.45, 2.75) is 13.0 Å². The number of benzene rings is 1. The van der Waals surface area contributed by atoms with Gasteiger partial charge in [-0.05, 0) is 12.1 Å². The highest BCUT2D eigenvalue weighted by Crippen LogP contribution is 2.30. The Morgan fingerprint density at radius 1 is 1.27 bits per heavy atom. The number of aromatic amines is 1. The molecule has 6 nitrogen and oxygen atoms in total. The molecule has 0 radical (unpaired) electrons. The van der Waals surface area contributed by atoms with Crippen molar-refractivity contribution in [1.29, 1.82) is 0 Å². The Morgan fingerprint density at radius 3 is 2.59 bits per heavy atom. The molecule has 0 spiro atoms. The molecule has 0 amide bonds. The number of hydrogen-bond donors (Lipinski definition) is 1. The zero-order valence-electron chi connectivity index (χ0n) is 12.4. The van der Waals surface area contributed by atoms with Crippen molar-refractivity contribution in [3.63, 3.8) is 0 Å². The smallest absolute Gasteiger partial charge is 0.281 e. The highest BCUT2D eigenvalue weighted by atomic mass is 35.5. The minimum absolute atomic E-state index is 0.324. The van der Waals surface area contributed by atoms with Crippen LogP contribution in [-0.4, -0.2) is 47.9 Å². The fraction of sp³-hybridized carbons (Fsp3) is 0.357. The lowest BCUT2D eigenvalue weighted by molar-refractivity contribution is 0.358. The molecule has 2 aromatic rings. The molecule has 2 heterocycles. The molecular weight excluding hydrogens is 324 g/mol. The maximum absolute atomic E-state index is 12.3. The van der Waals surface area contributed by atoms with E-state index in [9.17, 15) is 8.42 Å². The van der Waals surface area contributed by atoms with Crippen LogP contribution in [-0.2, 0) is 23.2 Å². The predicted molar refractivity (Wildman–Crippen MR) is 85.8 cm³/mol. The summed E-state index contributed by atoms with van der Waals surface area (Å²) in [5.41, 5.74) is 3.63. The van der Waals surface area contributed by atoms with Gasteiger partial charge < -0.3 is 0 Å². The molecule has 1 aromatic heterocycles. The van der Waals surface area contributed by atoms with E-state index in [-0.39, 0.29) is 0 Å². The predicted octanol–water partition coefficient (Wildman–Crippen LogP) is 1.89. The van der Waals surface area contributed by atoms with Gasteiger partial charge in [-0.1, -0.05) is 23.7 Å². The van der Waals surface area contributed by atoms with Crippen LogP contribution in [0, 0.1) is 0 Å². The molecule has 1 N–H and O–H groups in total. The van der Waals surface area contributed by atoms with E-state index in [4.69, 9.17) is 11.6 Å². The van der Waals surface area contributed by atoms with Gasteiger partial charge >= 0.3 is 0 Å². The lowest BCUT2D eigenvalue weighted by atomic mass is 10.0. The first-order chi connectivity index (χ1) is 10.4. The number of nitrogens with zero attached hydrogens (tertiary/aromatic N) is 3. The lowest BCUT2D eigenvalue weighted by Gasteiger charge is -2.28. The molecule has 1 aliphatic rings. The Labute approximate surface area is 134 Å². The topological polar surface area (TPSA) is 69.3 Å². The fourth-order valence-corrected chi connectivity index (χ4v) is 3.75. The van der Waals surface area contributed by atoms with Crippen LogP contribution < -0.4 is 0 Å². The van der Waals surface area contributed by atoms with Gasteiger partial charge in [0, 0.05) is 55.4 Å². The third-order valence-electron chi connectivity index (χ3n) is 3.80. The van der Waals surface area contributed by atoms with Crippen molar-refractivity contribution >= 4 is 21.8 Å². The summed E-state index contributed by atoms with van der Waals surface area (Å²) in [6.45, 7) is 0.778. The Hall–Kier alpha value is -1.41. The normalized spacial score (nSPS) is 16.0. The molecule has 0 saturated heterocycles. The maximum atomic E-state index is 12.3. The molecule has 0 atom stereocenters. The zero-order chi connectivity index (χ0) is 15.9. The van der Waals surface area contributed by atoms with Crippen LogP contribution >= 0.6 is 11.6 Å². The molecule has 0 saturated carbocycles. The summed E-state index contributed by atoms with van der Waals surface area (Å²) in [6.07, 6.45) is 0.628. The van der Waals surface area contributed by atoms with Gasteiger partial charge in [0.25, 0.3) is 10.2 Å². The summed E-state index contributed by atoms with van der Waals surface area (Å²) in [5.74, 6) is 0. The number of rotatable bonds is 3. The number of hydrogen-bond acceptors (Lipinski definition) is 3. The molecule has 22 heavy (non-hydrogen) atoms. The van der Waals surface area contributed by atoms with Crippen LogP contribution in [0.15, 0.2) is 24.3 Å². The van der Waals surface area contributed by atoms with Crippen molar-refractivity contribution in [1.82, 2.24) is 18.8 Å². The summed E-state index contributed by atoms with van der Waals surface area (Å²) >= 11 is 5.91. The first-order valence-electron chi connectivity index (χ1n) is 6.89. The number of nitrogens with one attached hydrogen (secondary N) is 1. The summed E-state index contributed by atoms with van der Waals surface area (Å²) in [5, 5.41) is 8.04. The molecule has 118 valence electrons. The largest absolute Gasteiger partial charge is 0.282 e. The van der Waals surface area contributed by atoms with Crippen molar-refractivity contribution in [2.75, 3.05) is 20.6 Å². The van der Waals surface area contributed by atoms with Gasteiger partial charge in [0.15, 0.2) is 0 Å². The number of fused-ring (bicyclic) bond motifs is 1. The highest BCUT2D eigenvalue weighted by molar-refractivity contribution is 7.86. The molecule has 8 heteroatoms. The third kappa shape index (κ3) is 2.65. The summed E-state index contributed by atoms with van der Waals surface area (Å²) in [6, 6.07) is 7.38. The number of aromatic nitrogens is 2. The van der Waals surface area contributed by atoms with Crippen LogP contribution in [0.3, 0.4) is 0 Å². The Morgan fingerprint density at radius 2 is 1.95 bits per heavy atom. The second kappa shape index (κ2) is 5.66. The maximum Gasteiger partial charge on any atom is 0.281 e. The van der Waals surface area contributed by atoms with Gasteiger partial charge in [-0.25, -0.2) is 0 Å². The highest BCUT2D eigenvalue weighted by Gasteiger charge is 2.31. The van der Waals surface area contributed by atoms with Crippen molar-refractivity contribution in [2.24, 2.45) is 0 Å². The molecule has 0 unspecified atom stereocenters. The number of H-pyrrole nitrogens is 1. The van der Waals surface area contributed by atoms with Crippen LogP contribution in [0.2, 0.25) is 5.02 Å². The minimum Gasteiger partial charge on any atom is -0.282 e. The van der Waals surface area contributed by atoms with Crippen LogP contribution in [0.4, 0.5) is 0 Å². The van der Waals surface area contributed by atoms with Gasteiger partial charge in [-0.2, -0.15) is 22.1 Å². The van der Waals surface area contributed by atoms with Gasteiger partial charge in [0.1, 0.15) is 0 Å². The van der Waals surface area contributed by atoms with E-state index in [1.54, 1.807) is 26.2 Å². The Kier molecular flexibility index (Phi) is 3.98. The number of halogens is 1. The van der Waals surface area contributed by atoms with Crippen LogP contribution in [0.25, 0.3) is 11.3 Å². The van der Waals surface area contributed by atoms with E-state index in [1.165, 1.54) is 8.61 Å². The standard InChI is InChI=1S/C14H17ClN4O2S/c1-18(2)22(20,21)19-8-7-13-12(9-19)14(17-16-13)10-3-5-11(15)6-4-10/h3-6H,7-9H2,1-2H3,(H,16,17). The Balaban J connectivity index is 1.97. The van der Waals surface area contributed by atoms with E-state index in [1.807, 2.05) is 12.1 Å². The molecule has 0 fully saturated rings. The summed E-state index contributed by atoms with van der Waals surface area (Å²) in [7, 11) is -0.338. The molecule has 0 aliphatic carbocycles. The van der Waals surface area contributed by atoms with Gasteiger partial charge in [-0.3, -0.25) is 5.10 Å². The molecular formula is C14H17ClN4O2S. The fourth-order valence-electron chi connectivity index (χ4n) is 2.54. The molecule has 3 rings (SSSR count).